The molecule has 0 unspecified atom stereocenters. The van der Waals surface area contributed by atoms with Crippen molar-refractivity contribution in [2.45, 2.75) is 6.92 Å². The number of hydrogen-bond acceptors (Lipinski definition) is 3. The minimum Gasteiger partial charge on any atom is -0.462 e. The van der Waals surface area contributed by atoms with Gasteiger partial charge in [-0.3, -0.25) is 4.79 Å². The zero-order chi connectivity index (χ0) is 15.2. The fraction of sp³-hybridized carbons (Fsp3) is 0.125. The van der Waals surface area contributed by atoms with Crippen LogP contribution in [0.2, 0.25) is 0 Å². The van der Waals surface area contributed by atoms with Gasteiger partial charge in [-0.2, -0.15) is 0 Å². The van der Waals surface area contributed by atoms with Crippen molar-refractivity contribution >= 4 is 33.5 Å². The molecule has 0 fully saturated rings. The zero-order valence-corrected chi connectivity index (χ0v) is 13.0. The average Bonchev–Trinajstić information content (AvgIpc) is 2.50. The quantitative estimate of drug-likeness (QED) is 0.854. The molecule has 0 bridgehead atoms. The molecular weight excluding hydrogens is 334 g/mol. The lowest BCUT2D eigenvalue weighted by Gasteiger charge is -2.08. The van der Waals surface area contributed by atoms with E-state index in [0.29, 0.717) is 23.4 Å². The molecule has 0 aliphatic carbocycles. The van der Waals surface area contributed by atoms with Crippen LogP contribution in [0.3, 0.4) is 0 Å². The average molecular weight is 348 g/mol. The molecule has 2 aromatic carbocycles. The first-order valence-electron chi connectivity index (χ1n) is 6.45. The van der Waals surface area contributed by atoms with Crippen LogP contribution in [0.25, 0.3) is 0 Å². The second-order valence-corrected chi connectivity index (χ2v) is 5.09. The van der Waals surface area contributed by atoms with Gasteiger partial charge in [-0.05, 0) is 53.2 Å². The fourth-order valence-electron chi connectivity index (χ4n) is 1.76. The van der Waals surface area contributed by atoms with Crippen LogP contribution in [0, 0.1) is 0 Å². The van der Waals surface area contributed by atoms with Gasteiger partial charge < -0.3 is 10.1 Å². The minimum atomic E-state index is -0.437. The molecule has 0 aromatic heterocycles. The first-order chi connectivity index (χ1) is 10.1. The molecule has 2 aromatic rings. The number of anilines is 1. The number of ether oxygens (including phenoxy) is 1. The first-order valence-corrected chi connectivity index (χ1v) is 7.24. The van der Waals surface area contributed by atoms with Gasteiger partial charge in [-0.15, -0.1) is 0 Å². The van der Waals surface area contributed by atoms with E-state index in [1.54, 1.807) is 31.2 Å². The Labute approximate surface area is 131 Å². The minimum absolute atomic E-state index is 0.284. The molecule has 0 spiro atoms. The van der Waals surface area contributed by atoms with Crippen LogP contribution >= 0.6 is 15.9 Å². The number of carbonyl (C=O) groups excluding carboxylic acids is 2. The highest BCUT2D eigenvalue weighted by Crippen LogP contribution is 2.22. The van der Waals surface area contributed by atoms with Crippen LogP contribution in [-0.4, -0.2) is 18.5 Å². The second-order valence-electron chi connectivity index (χ2n) is 4.24. The molecule has 4 nitrogen and oxygen atoms in total. The van der Waals surface area contributed by atoms with E-state index in [1.807, 2.05) is 18.2 Å². The number of amides is 1. The van der Waals surface area contributed by atoms with Crippen molar-refractivity contribution in [3.8, 4) is 0 Å². The van der Waals surface area contributed by atoms with E-state index in [2.05, 4.69) is 21.2 Å². The zero-order valence-electron chi connectivity index (χ0n) is 11.4. The molecule has 0 radical (unpaired) electrons. The maximum atomic E-state index is 12.2. The molecule has 0 aliphatic rings. The van der Waals surface area contributed by atoms with Crippen LogP contribution < -0.4 is 5.32 Å². The topological polar surface area (TPSA) is 55.4 Å². The summed E-state index contributed by atoms with van der Waals surface area (Å²) in [5.74, 6) is -0.721. The van der Waals surface area contributed by atoms with E-state index in [4.69, 9.17) is 4.74 Å². The summed E-state index contributed by atoms with van der Waals surface area (Å²) in [6, 6.07) is 13.8. The Kier molecular flexibility index (Phi) is 5.11. The van der Waals surface area contributed by atoms with Crippen molar-refractivity contribution in [3.63, 3.8) is 0 Å². The monoisotopic (exact) mass is 347 g/mol. The summed E-state index contributed by atoms with van der Waals surface area (Å²) >= 11 is 3.37. The highest BCUT2D eigenvalue weighted by molar-refractivity contribution is 9.10. The molecule has 0 atom stereocenters. The SMILES string of the molecule is CCOC(=O)c1cccc(C(=O)Nc2ccccc2Br)c1. The van der Waals surface area contributed by atoms with Crippen molar-refractivity contribution in [2.24, 2.45) is 0 Å². The summed E-state index contributed by atoms with van der Waals surface area (Å²) in [6.45, 7) is 2.04. The molecule has 0 saturated carbocycles. The Morgan fingerprint density at radius 2 is 1.81 bits per heavy atom. The lowest BCUT2D eigenvalue weighted by molar-refractivity contribution is 0.0526. The highest BCUT2D eigenvalue weighted by Gasteiger charge is 2.12. The van der Waals surface area contributed by atoms with E-state index in [1.165, 1.54) is 6.07 Å². The number of carbonyl (C=O) groups is 2. The van der Waals surface area contributed by atoms with Gasteiger partial charge in [0.2, 0.25) is 0 Å². The molecule has 0 aliphatic heterocycles. The van der Waals surface area contributed by atoms with Gasteiger partial charge in [-0.25, -0.2) is 4.79 Å². The first kappa shape index (κ1) is 15.3. The van der Waals surface area contributed by atoms with Crippen molar-refractivity contribution in [3.05, 3.63) is 64.1 Å². The van der Waals surface area contributed by atoms with Crippen LogP contribution in [0.15, 0.2) is 53.0 Å². The molecule has 0 saturated heterocycles. The number of hydrogen-bond donors (Lipinski definition) is 1. The Balaban J connectivity index is 2.18. The Bertz CT molecular complexity index is 670. The third kappa shape index (κ3) is 3.92. The Morgan fingerprint density at radius 3 is 2.52 bits per heavy atom. The van der Waals surface area contributed by atoms with Gasteiger partial charge in [0.15, 0.2) is 0 Å². The Morgan fingerprint density at radius 1 is 1.10 bits per heavy atom. The largest absolute Gasteiger partial charge is 0.462 e. The molecule has 108 valence electrons. The smallest absolute Gasteiger partial charge is 0.338 e. The number of nitrogens with one attached hydrogen (secondary N) is 1. The van der Waals surface area contributed by atoms with Crippen molar-refractivity contribution < 1.29 is 14.3 Å². The van der Waals surface area contributed by atoms with Crippen molar-refractivity contribution in [1.82, 2.24) is 0 Å². The van der Waals surface area contributed by atoms with E-state index in [-0.39, 0.29) is 5.91 Å². The summed E-state index contributed by atoms with van der Waals surface area (Å²) in [5.41, 5.74) is 1.43. The molecule has 5 heteroatoms. The number of benzene rings is 2. The molecule has 1 amide bonds. The number of halogens is 1. The van der Waals surface area contributed by atoms with Gasteiger partial charge >= 0.3 is 5.97 Å². The predicted octanol–water partition coefficient (Wildman–Crippen LogP) is 3.88. The van der Waals surface area contributed by atoms with E-state index in [0.717, 1.165) is 4.47 Å². The summed E-state index contributed by atoms with van der Waals surface area (Å²) in [4.78, 5) is 23.9. The molecular formula is C16H14BrNO3. The summed E-state index contributed by atoms with van der Waals surface area (Å²) in [5, 5.41) is 2.79. The van der Waals surface area contributed by atoms with E-state index in [9.17, 15) is 9.59 Å². The van der Waals surface area contributed by atoms with Gasteiger partial charge in [0.1, 0.15) is 0 Å². The molecule has 1 N–H and O–H groups in total. The summed E-state index contributed by atoms with van der Waals surface area (Å²) in [6.07, 6.45) is 0. The lowest BCUT2D eigenvalue weighted by Crippen LogP contribution is -2.13. The van der Waals surface area contributed by atoms with Crippen LogP contribution in [0.5, 0.6) is 0 Å². The number of esters is 1. The lowest BCUT2D eigenvalue weighted by atomic mass is 10.1. The summed E-state index contributed by atoms with van der Waals surface area (Å²) in [7, 11) is 0. The summed E-state index contributed by atoms with van der Waals surface area (Å²) < 4.78 is 5.71. The van der Waals surface area contributed by atoms with Gasteiger partial charge in [0.05, 0.1) is 17.9 Å². The predicted molar refractivity (Wildman–Crippen MR) is 84.5 cm³/mol. The van der Waals surface area contributed by atoms with Crippen molar-refractivity contribution in [1.29, 1.82) is 0 Å². The van der Waals surface area contributed by atoms with Crippen molar-refractivity contribution in [2.75, 3.05) is 11.9 Å². The standard InChI is InChI=1S/C16H14BrNO3/c1-2-21-16(20)12-7-5-6-11(10-12)15(19)18-14-9-4-3-8-13(14)17/h3-10H,2H2,1H3,(H,18,19). The van der Waals surface area contributed by atoms with Gasteiger partial charge in [0, 0.05) is 10.0 Å². The normalized spacial score (nSPS) is 10.0. The maximum absolute atomic E-state index is 12.2. The van der Waals surface area contributed by atoms with Gasteiger partial charge in [0.25, 0.3) is 5.91 Å². The van der Waals surface area contributed by atoms with E-state index < -0.39 is 5.97 Å². The highest BCUT2D eigenvalue weighted by atomic mass is 79.9. The van der Waals surface area contributed by atoms with Crippen LogP contribution in [-0.2, 0) is 4.74 Å². The van der Waals surface area contributed by atoms with Crippen LogP contribution in [0.1, 0.15) is 27.6 Å². The Hall–Kier alpha value is -2.14. The third-order valence-corrected chi connectivity index (χ3v) is 3.45. The third-order valence-electron chi connectivity index (χ3n) is 2.76. The molecule has 2 rings (SSSR count). The number of para-hydroxylation sites is 1. The second kappa shape index (κ2) is 7.04. The molecule has 21 heavy (non-hydrogen) atoms. The van der Waals surface area contributed by atoms with E-state index >= 15 is 0 Å². The van der Waals surface area contributed by atoms with Crippen LogP contribution in [0.4, 0.5) is 5.69 Å². The molecule has 0 heterocycles. The number of rotatable bonds is 4. The van der Waals surface area contributed by atoms with Gasteiger partial charge in [-0.1, -0.05) is 18.2 Å². The maximum Gasteiger partial charge on any atom is 0.338 e. The fourth-order valence-corrected chi connectivity index (χ4v) is 2.14.